The molecule has 0 aromatic rings. The van der Waals surface area contributed by atoms with Gasteiger partial charge < -0.3 is 19.3 Å². The van der Waals surface area contributed by atoms with E-state index in [2.05, 4.69) is 4.90 Å². The molecule has 0 unspecified atom stereocenters. The Bertz CT molecular complexity index is 367. The van der Waals surface area contributed by atoms with Crippen LogP contribution in [0.3, 0.4) is 0 Å². The van der Waals surface area contributed by atoms with Crippen molar-refractivity contribution in [3.05, 3.63) is 0 Å². The zero-order chi connectivity index (χ0) is 16.2. The molecule has 2 saturated heterocycles. The average Bonchev–Trinajstić information content (AvgIpc) is 3.04. The summed E-state index contributed by atoms with van der Waals surface area (Å²) in [7, 11) is 0. The summed E-state index contributed by atoms with van der Waals surface area (Å²) < 4.78 is 11.1. The number of hydrogen-bond donors (Lipinski definition) is 0. The lowest BCUT2D eigenvalue weighted by Gasteiger charge is -2.30. The van der Waals surface area contributed by atoms with Crippen LogP contribution in [0.1, 0.15) is 47.0 Å². The van der Waals surface area contributed by atoms with Crippen LogP contribution in [-0.2, 0) is 9.47 Å². The molecule has 2 heterocycles. The predicted molar refractivity (Wildman–Crippen MR) is 87.0 cm³/mol. The van der Waals surface area contributed by atoms with Crippen LogP contribution in [0.2, 0.25) is 0 Å². The van der Waals surface area contributed by atoms with Gasteiger partial charge in [-0.25, -0.2) is 4.79 Å². The first-order chi connectivity index (χ1) is 10.4. The summed E-state index contributed by atoms with van der Waals surface area (Å²) in [4.78, 5) is 16.7. The highest BCUT2D eigenvalue weighted by atomic mass is 16.6. The number of carbonyl (C=O) groups is 1. The molecule has 5 heteroatoms. The number of hydrogen-bond acceptors (Lipinski definition) is 4. The van der Waals surface area contributed by atoms with Gasteiger partial charge in [0.25, 0.3) is 0 Å². The maximum absolute atomic E-state index is 12.3. The third-order valence-electron chi connectivity index (χ3n) is 4.40. The second-order valence-electron chi connectivity index (χ2n) is 7.54. The van der Waals surface area contributed by atoms with E-state index in [0.717, 1.165) is 52.2 Å². The third-order valence-corrected chi connectivity index (χ3v) is 4.40. The van der Waals surface area contributed by atoms with Crippen molar-refractivity contribution in [1.29, 1.82) is 0 Å². The smallest absolute Gasteiger partial charge is 0.410 e. The summed E-state index contributed by atoms with van der Waals surface area (Å²) in [5.41, 5.74) is -0.416. The zero-order valence-corrected chi connectivity index (χ0v) is 14.6. The Morgan fingerprint density at radius 3 is 2.68 bits per heavy atom. The van der Waals surface area contributed by atoms with Gasteiger partial charge in [-0.15, -0.1) is 0 Å². The molecule has 2 atom stereocenters. The van der Waals surface area contributed by atoms with E-state index in [1.54, 1.807) is 0 Å². The summed E-state index contributed by atoms with van der Waals surface area (Å²) in [6, 6.07) is 0.306. The molecule has 1 amide bonds. The molecule has 0 spiro atoms. The minimum atomic E-state index is -0.416. The second kappa shape index (κ2) is 7.64. The fourth-order valence-corrected chi connectivity index (χ4v) is 3.38. The van der Waals surface area contributed by atoms with Crippen LogP contribution in [0.15, 0.2) is 0 Å². The summed E-state index contributed by atoms with van der Waals surface area (Å²) in [5, 5.41) is 0. The van der Waals surface area contributed by atoms with Crippen molar-refractivity contribution < 1.29 is 14.3 Å². The first-order valence-corrected chi connectivity index (χ1v) is 8.68. The normalized spacial score (nSPS) is 26.6. The molecule has 2 aliphatic rings. The predicted octanol–water partition coefficient (Wildman–Crippen LogP) is 2.74. The van der Waals surface area contributed by atoms with Crippen LogP contribution >= 0.6 is 0 Å². The van der Waals surface area contributed by atoms with Crippen molar-refractivity contribution >= 4 is 6.09 Å². The highest BCUT2D eigenvalue weighted by molar-refractivity contribution is 5.69. The minimum Gasteiger partial charge on any atom is -0.444 e. The van der Waals surface area contributed by atoms with Crippen LogP contribution in [0.4, 0.5) is 4.79 Å². The van der Waals surface area contributed by atoms with Crippen LogP contribution in [0.5, 0.6) is 0 Å². The molecule has 2 rings (SSSR count). The van der Waals surface area contributed by atoms with Gasteiger partial charge in [0.05, 0.1) is 6.61 Å². The van der Waals surface area contributed by atoms with E-state index in [1.165, 1.54) is 6.42 Å². The third kappa shape index (κ3) is 5.13. The van der Waals surface area contributed by atoms with Gasteiger partial charge in [-0.3, -0.25) is 0 Å². The highest BCUT2D eigenvalue weighted by Gasteiger charge is 2.34. The van der Waals surface area contributed by atoms with Crippen molar-refractivity contribution in [2.24, 2.45) is 5.92 Å². The van der Waals surface area contributed by atoms with Crippen LogP contribution in [0, 0.1) is 5.92 Å². The Kier molecular flexibility index (Phi) is 6.09. The quantitative estimate of drug-likeness (QED) is 0.783. The lowest BCUT2D eigenvalue weighted by molar-refractivity contribution is 0.0200. The SMILES string of the molecule is CCOC[C@H]1CCN(C[C@H]2CCCN2C(=O)OC(C)(C)C)C1. The van der Waals surface area contributed by atoms with E-state index >= 15 is 0 Å². The van der Waals surface area contributed by atoms with E-state index in [0.29, 0.717) is 12.0 Å². The van der Waals surface area contributed by atoms with Crippen molar-refractivity contribution in [3.63, 3.8) is 0 Å². The van der Waals surface area contributed by atoms with Gasteiger partial charge >= 0.3 is 6.09 Å². The van der Waals surface area contributed by atoms with Crippen LogP contribution < -0.4 is 0 Å². The maximum atomic E-state index is 12.3. The number of likely N-dealkylation sites (tertiary alicyclic amines) is 2. The maximum Gasteiger partial charge on any atom is 0.410 e. The lowest BCUT2D eigenvalue weighted by atomic mass is 10.1. The first kappa shape index (κ1) is 17.5. The van der Waals surface area contributed by atoms with Crippen molar-refractivity contribution in [1.82, 2.24) is 9.80 Å². The van der Waals surface area contributed by atoms with E-state index in [1.807, 2.05) is 32.6 Å². The van der Waals surface area contributed by atoms with Gasteiger partial charge in [-0.2, -0.15) is 0 Å². The number of amides is 1. The molecule has 0 bridgehead atoms. The van der Waals surface area contributed by atoms with Gasteiger partial charge in [-0.05, 0) is 59.4 Å². The highest BCUT2D eigenvalue weighted by Crippen LogP contribution is 2.24. The van der Waals surface area contributed by atoms with Crippen LogP contribution in [0.25, 0.3) is 0 Å². The standard InChI is InChI=1S/C17H32N2O3/c1-5-21-13-14-8-10-18(11-14)12-15-7-6-9-19(15)16(20)22-17(2,3)4/h14-15H,5-13H2,1-4H3/t14-,15+/m0/s1. The molecule has 0 aromatic heterocycles. The van der Waals surface area contributed by atoms with E-state index in [4.69, 9.17) is 9.47 Å². The molecule has 22 heavy (non-hydrogen) atoms. The summed E-state index contributed by atoms with van der Waals surface area (Å²) >= 11 is 0. The minimum absolute atomic E-state index is 0.153. The molecule has 0 aromatic carbocycles. The lowest BCUT2D eigenvalue weighted by Crippen LogP contribution is -2.44. The molecular formula is C17H32N2O3. The van der Waals surface area contributed by atoms with E-state index < -0.39 is 5.60 Å². The van der Waals surface area contributed by atoms with Gasteiger partial charge in [0.2, 0.25) is 0 Å². The molecule has 2 aliphatic heterocycles. The average molecular weight is 312 g/mol. The molecule has 128 valence electrons. The molecule has 0 aliphatic carbocycles. The van der Waals surface area contributed by atoms with Gasteiger partial charge in [0, 0.05) is 32.3 Å². The molecule has 0 saturated carbocycles. The van der Waals surface area contributed by atoms with Crippen LogP contribution in [-0.4, -0.2) is 66.9 Å². The van der Waals surface area contributed by atoms with Crippen molar-refractivity contribution in [2.45, 2.75) is 58.6 Å². The Morgan fingerprint density at radius 2 is 2.00 bits per heavy atom. The van der Waals surface area contributed by atoms with Crippen molar-refractivity contribution in [2.75, 3.05) is 39.4 Å². The summed E-state index contributed by atoms with van der Waals surface area (Å²) in [6.07, 6.45) is 3.23. The number of rotatable bonds is 5. The Morgan fingerprint density at radius 1 is 1.23 bits per heavy atom. The molecule has 2 fully saturated rings. The van der Waals surface area contributed by atoms with Crippen molar-refractivity contribution in [3.8, 4) is 0 Å². The van der Waals surface area contributed by atoms with Gasteiger partial charge in [-0.1, -0.05) is 0 Å². The molecule has 0 N–H and O–H groups in total. The van der Waals surface area contributed by atoms with Gasteiger partial charge in [0.15, 0.2) is 0 Å². The largest absolute Gasteiger partial charge is 0.444 e. The molecule has 5 nitrogen and oxygen atoms in total. The number of nitrogens with zero attached hydrogens (tertiary/aromatic N) is 2. The van der Waals surface area contributed by atoms with E-state index in [-0.39, 0.29) is 6.09 Å². The fraction of sp³-hybridized carbons (Fsp3) is 0.941. The second-order valence-corrected chi connectivity index (χ2v) is 7.54. The molecular weight excluding hydrogens is 280 g/mol. The summed E-state index contributed by atoms with van der Waals surface area (Å²) in [5.74, 6) is 0.649. The summed E-state index contributed by atoms with van der Waals surface area (Å²) in [6.45, 7) is 13.5. The number of ether oxygens (including phenoxy) is 2. The molecule has 0 radical (unpaired) electrons. The Labute approximate surface area is 134 Å². The Balaban J connectivity index is 1.80. The van der Waals surface area contributed by atoms with E-state index in [9.17, 15) is 4.79 Å². The first-order valence-electron chi connectivity index (χ1n) is 8.68. The Hall–Kier alpha value is -0.810. The number of carbonyl (C=O) groups excluding carboxylic acids is 1. The zero-order valence-electron chi connectivity index (χ0n) is 14.6. The fourth-order valence-electron chi connectivity index (χ4n) is 3.38. The van der Waals surface area contributed by atoms with Gasteiger partial charge in [0.1, 0.15) is 5.60 Å². The monoisotopic (exact) mass is 312 g/mol. The topological polar surface area (TPSA) is 42.0 Å².